The van der Waals surface area contributed by atoms with Gasteiger partial charge in [0.05, 0.1) is 34.9 Å². The lowest BCUT2D eigenvalue weighted by molar-refractivity contribution is -0.112. The second-order valence-corrected chi connectivity index (χ2v) is 9.03. The van der Waals surface area contributed by atoms with E-state index >= 15 is 0 Å². The number of rotatable bonds is 5. The average molecular weight is 404 g/mol. The predicted molar refractivity (Wildman–Crippen MR) is 124 cm³/mol. The minimum Gasteiger partial charge on any atom is -0.375 e. The molecular formula is C24H29N5O. The molecule has 2 atom stereocenters. The summed E-state index contributed by atoms with van der Waals surface area (Å²) in [5, 5.41) is 20.9. The van der Waals surface area contributed by atoms with Crippen molar-refractivity contribution < 1.29 is 4.79 Å². The molecule has 4 rings (SSSR count). The molecule has 0 radical (unpaired) electrons. The Morgan fingerprint density at radius 1 is 1.17 bits per heavy atom. The van der Waals surface area contributed by atoms with Gasteiger partial charge in [0.15, 0.2) is 0 Å². The summed E-state index contributed by atoms with van der Waals surface area (Å²) in [6.45, 7) is 8.64. The SMILES string of the molecule is CC1Nc2ccc(N/C=C(\C=N)C(=O)C3=CC4=CC(C(C)(C)C)=CCC4N3)cc2N1. The van der Waals surface area contributed by atoms with Gasteiger partial charge in [0.1, 0.15) is 0 Å². The molecule has 0 spiro atoms. The van der Waals surface area contributed by atoms with Crippen molar-refractivity contribution in [2.75, 3.05) is 16.0 Å². The zero-order valence-electron chi connectivity index (χ0n) is 17.9. The molecule has 2 unspecified atom stereocenters. The first-order valence-corrected chi connectivity index (χ1v) is 10.3. The van der Waals surface area contributed by atoms with Crippen LogP contribution in [0.3, 0.4) is 0 Å². The Morgan fingerprint density at radius 3 is 2.67 bits per heavy atom. The molecule has 3 aliphatic rings. The highest BCUT2D eigenvalue weighted by molar-refractivity contribution is 6.20. The van der Waals surface area contributed by atoms with Crippen LogP contribution in [0.1, 0.15) is 34.1 Å². The van der Waals surface area contributed by atoms with E-state index < -0.39 is 0 Å². The Morgan fingerprint density at radius 2 is 1.93 bits per heavy atom. The maximum Gasteiger partial charge on any atom is 0.211 e. The number of carbonyl (C=O) groups excluding carboxylic acids is 1. The van der Waals surface area contributed by atoms with E-state index in [-0.39, 0.29) is 23.4 Å². The van der Waals surface area contributed by atoms with Crippen LogP contribution in [-0.4, -0.2) is 24.2 Å². The number of hydrogen-bond donors (Lipinski definition) is 5. The Hall–Kier alpha value is -3.28. The summed E-state index contributed by atoms with van der Waals surface area (Å²) in [4.78, 5) is 13.0. The standard InChI is InChI=1S/C24H29N5O/c1-14-27-20-8-6-18(11-21(20)28-14)26-13-16(12-25)23(30)22-10-15-9-17(24(2,3)4)5-7-19(15)29-22/h5-6,8-14,19,25-29H,7H2,1-4H3/b16-13+,25-12?. The molecule has 0 saturated heterocycles. The van der Waals surface area contributed by atoms with Gasteiger partial charge in [0.2, 0.25) is 5.78 Å². The van der Waals surface area contributed by atoms with Crippen LogP contribution < -0.4 is 21.3 Å². The number of anilines is 3. The molecule has 6 nitrogen and oxygen atoms in total. The number of Topliss-reactive ketones (excluding diaryl/α,β-unsaturated/α-hetero) is 1. The first-order chi connectivity index (χ1) is 14.2. The Bertz CT molecular complexity index is 1020. The maximum atomic E-state index is 13.0. The van der Waals surface area contributed by atoms with Crippen molar-refractivity contribution in [1.82, 2.24) is 5.32 Å². The van der Waals surface area contributed by atoms with Crippen LogP contribution in [0.4, 0.5) is 17.1 Å². The van der Waals surface area contributed by atoms with Gasteiger partial charge in [-0.05, 0) is 54.2 Å². The topological polar surface area (TPSA) is 89.0 Å². The Labute approximate surface area is 177 Å². The fourth-order valence-electron chi connectivity index (χ4n) is 3.93. The minimum absolute atomic E-state index is 0.0839. The van der Waals surface area contributed by atoms with Crippen molar-refractivity contribution in [1.29, 1.82) is 5.41 Å². The molecular weight excluding hydrogens is 374 g/mol. The fraction of sp³-hybridized carbons (Fsp3) is 0.333. The van der Waals surface area contributed by atoms with Crippen LogP contribution in [0, 0.1) is 10.8 Å². The van der Waals surface area contributed by atoms with Gasteiger partial charge in [-0.25, -0.2) is 0 Å². The second kappa shape index (κ2) is 7.52. The highest BCUT2D eigenvalue weighted by Crippen LogP contribution is 2.35. The van der Waals surface area contributed by atoms with Gasteiger partial charge < -0.3 is 26.7 Å². The molecule has 1 aromatic carbocycles. The second-order valence-electron chi connectivity index (χ2n) is 9.03. The molecule has 0 amide bonds. The predicted octanol–water partition coefficient (Wildman–Crippen LogP) is 4.54. The largest absolute Gasteiger partial charge is 0.375 e. The molecule has 156 valence electrons. The number of ketones is 1. The number of hydrogen-bond acceptors (Lipinski definition) is 6. The van der Waals surface area contributed by atoms with Crippen LogP contribution in [0.25, 0.3) is 0 Å². The minimum atomic E-state index is -0.181. The summed E-state index contributed by atoms with van der Waals surface area (Å²) in [7, 11) is 0. The molecule has 30 heavy (non-hydrogen) atoms. The van der Waals surface area contributed by atoms with E-state index in [2.05, 4.69) is 54.2 Å². The zero-order chi connectivity index (χ0) is 21.5. The third-order valence-electron chi connectivity index (χ3n) is 5.63. The fourth-order valence-corrected chi connectivity index (χ4v) is 3.93. The van der Waals surface area contributed by atoms with Crippen molar-refractivity contribution in [2.24, 2.45) is 5.41 Å². The van der Waals surface area contributed by atoms with Crippen LogP contribution >= 0.6 is 0 Å². The zero-order valence-corrected chi connectivity index (χ0v) is 17.9. The molecule has 0 saturated carbocycles. The van der Waals surface area contributed by atoms with Crippen molar-refractivity contribution in [3.8, 4) is 0 Å². The molecule has 0 bridgehead atoms. The smallest absolute Gasteiger partial charge is 0.211 e. The van der Waals surface area contributed by atoms with Crippen molar-refractivity contribution in [2.45, 2.75) is 46.3 Å². The summed E-state index contributed by atoms with van der Waals surface area (Å²) in [6, 6.07) is 6.06. The Balaban J connectivity index is 1.49. The highest BCUT2D eigenvalue weighted by atomic mass is 16.1. The van der Waals surface area contributed by atoms with E-state index in [1.54, 1.807) is 6.20 Å². The molecule has 0 aromatic heterocycles. The maximum absolute atomic E-state index is 13.0. The van der Waals surface area contributed by atoms with Crippen LogP contribution in [0.15, 0.2) is 65.0 Å². The molecule has 5 N–H and O–H groups in total. The summed E-state index contributed by atoms with van der Waals surface area (Å²) >= 11 is 0. The van der Waals surface area contributed by atoms with E-state index in [0.717, 1.165) is 35.3 Å². The van der Waals surface area contributed by atoms with Crippen molar-refractivity contribution in [3.05, 3.63) is 65.0 Å². The summed E-state index contributed by atoms with van der Waals surface area (Å²) in [5.41, 5.74) is 6.28. The summed E-state index contributed by atoms with van der Waals surface area (Å²) < 4.78 is 0. The van der Waals surface area contributed by atoms with Crippen molar-refractivity contribution in [3.63, 3.8) is 0 Å². The molecule has 6 heteroatoms. The average Bonchev–Trinajstić information content (AvgIpc) is 3.28. The highest BCUT2D eigenvalue weighted by Gasteiger charge is 2.29. The lowest BCUT2D eigenvalue weighted by atomic mass is 9.81. The van der Waals surface area contributed by atoms with Gasteiger partial charge in [0.25, 0.3) is 0 Å². The molecule has 2 aliphatic heterocycles. The third kappa shape index (κ3) is 3.90. The number of benzene rings is 1. The first kappa shape index (κ1) is 20.0. The van der Waals surface area contributed by atoms with E-state index in [4.69, 9.17) is 5.41 Å². The van der Waals surface area contributed by atoms with Gasteiger partial charge in [-0.2, -0.15) is 0 Å². The van der Waals surface area contributed by atoms with E-state index in [9.17, 15) is 4.79 Å². The number of fused-ring (bicyclic) bond motifs is 2. The molecule has 1 aromatic rings. The molecule has 1 aliphatic carbocycles. The Kier molecular flexibility index (Phi) is 5.02. The van der Waals surface area contributed by atoms with E-state index in [1.165, 1.54) is 5.57 Å². The number of nitrogens with one attached hydrogen (secondary N) is 5. The monoisotopic (exact) mass is 403 g/mol. The van der Waals surface area contributed by atoms with E-state index in [0.29, 0.717) is 11.3 Å². The quantitative estimate of drug-likeness (QED) is 0.368. The van der Waals surface area contributed by atoms with Crippen molar-refractivity contribution >= 4 is 29.1 Å². The van der Waals surface area contributed by atoms with Crippen LogP contribution in [0.2, 0.25) is 0 Å². The lowest BCUT2D eigenvalue weighted by Gasteiger charge is -2.26. The van der Waals surface area contributed by atoms with E-state index in [1.807, 2.05) is 31.2 Å². The van der Waals surface area contributed by atoms with Gasteiger partial charge in [-0.3, -0.25) is 4.79 Å². The summed E-state index contributed by atoms with van der Waals surface area (Å²) in [5.74, 6) is -0.181. The normalized spacial score (nSPS) is 22.4. The number of carbonyl (C=O) groups is 1. The lowest BCUT2D eigenvalue weighted by Crippen LogP contribution is -2.29. The third-order valence-corrected chi connectivity index (χ3v) is 5.63. The van der Waals surface area contributed by atoms with Crippen LogP contribution in [0.5, 0.6) is 0 Å². The molecule has 2 heterocycles. The first-order valence-electron chi connectivity index (χ1n) is 10.3. The van der Waals surface area contributed by atoms with Gasteiger partial charge in [-0.15, -0.1) is 0 Å². The van der Waals surface area contributed by atoms with Gasteiger partial charge in [-0.1, -0.05) is 32.9 Å². The summed E-state index contributed by atoms with van der Waals surface area (Å²) in [6.07, 6.45) is 10.1. The van der Waals surface area contributed by atoms with Gasteiger partial charge >= 0.3 is 0 Å². The molecule has 0 fully saturated rings. The van der Waals surface area contributed by atoms with Gasteiger partial charge in [0, 0.05) is 18.1 Å². The number of allylic oxidation sites excluding steroid dienone is 3. The van der Waals surface area contributed by atoms with Crippen LogP contribution in [-0.2, 0) is 4.79 Å².